The van der Waals surface area contributed by atoms with E-state index in [2.05, 4.69) is 0 Å². The maximum atomic E-state index is 12.1. The summed E-state index contributed by atoms with van der Waals surface area (Å²) in [7, 11) is 1.44. The lowest BCUT2D eigenvalue weighted by atomic mass is 10.2. The second-order valence-electron chi connectivity index (χ2n) is 3.98. The van der Waals surface area contributed by atoms with Crippen molar-refractivity contribution in [3.8, 4) is 11.5 Å². The van der Waals surface area contributed by atoms with E-state index in [0.717, 1.165) is 0 Å². The Balaban J connectivity index is 2.39. The first kappa shape index (κ1) is 15.2. The van der Waals surface area contributed by atoms with Crippen molar-refractivity contribution in [1.29, 1.82) is 0 Å². The molecule has 0 aromatic heterocycles. The minimum atomic E-state index is -0.120. The zero-order valence-electron chi connectivity index (χ0n) is 10.8. The zero-order chi connectivity index (χ0) is 14.9. The minimum absolute atomic E-state index is 0.118. The molecule has 20 heavy (non-hydrogen) atoms. The number of halogens is 1. The lowest BCUT2D eigenvalue weighted by molar-refractivity contribution is -0.121. The van der Waals surface area contributed by atoms with Crippen LogP contribution in [-0.4, -0.2) is 33.9 Å². The number of hydrogen-bond donors (Lipinski definition) is 1. The molecule has 0 aliphatic carbocycles. The lowest BCUT2D eigenvalue weighted by Crippen LogP contribution is -2.27. The molecule has 1 amide bonds. The highest BCUT2D eigenvalue weighted by Crippen LogP contribution is 2.37. The van der Waals surface area contributed by atoms with Gasteiger partial charge >= 0.3 is 0 Å². The van der Waals surface area contributed by atoms with Crippen molar-refractivity contribution < 1.29 is 14.6 Å². The average Bonchev–Trinajstić information content (AvgIpc) is 2.68. The number of phenolic OH excluding ortho intramolecular Hbond substituents is 1. The molecule has 1 fully saturated rings. The molecule has 0 unspecified atom stereocenters. The highest BCUT2D eigenvalue weighted by Gasteiger charge is 2.30. The van der Waals surface area contributed by atoms with Crippen molar-refractivity contribution in [1.82, 2.24) is 4.90 Å². The van der Waals surface area contributed by atoms with Crippen LogP contribution >= 0.6 is 35.6 Å². The smallest absolute Gasteiger partial charge is 0.266 e. The summed E-state index contributed by atoms with van der Waals surface area (Å²) < 4.78 is 5.57. The number of thioether (sulfide) groups is 1. The van der Waals surface area contributed by atoms with Crippen molar-refractivity contribution in [2.75, 3.05) is 13.7 Å². The fourth-order valence-corrected chi connectivity index (χ4v) is 3.36. The van der Waals surface area contributed by atoms with Gasteiger partial charge in [-0.1, -0.05) is 35.6 Å². The molecular formula is C13H12ClNO3S2. The molecule has 7 heteroatoms. The zero-order valence-corrected chi connectivity index (χ0v) is 13.2. The van der Waals surface area contributed by atoms with Crippen LogP contribution in [0, 0.1) is 0 Å². The molecule has 1 aliphatic heterocycles. The Hall–Kier alpha value is -1.24. The molecule has 106 valence electrons. The SMILES string of the molecule is CCN1C(=O)C(=Cc2cc(Cl)c(O)c(OC)c2)SC1=S. The van der Waals surface area contributed by atoms with E-state index in [1.807, 2.05) is 6.92 Å². The molecule has 4 nitrogen and oxygen atoms in total. The average molecular weight is 330 g/mol. The Bertz CT molecular complexity index is 616. The van der Waals surface area contributed by atoms with Gasteiger partial charge in [0.1, 0.15) is 4.32 Å². The number of phenols is 1. The molecule has 0 bridgehead atoms. The fraction of sp³-hybridized carbons (Fsp3) is 0.231. The van der Waals surface area contributed by atoms with E-state index in [0.29, 0.717) is 21.3 Å². The monoisotopic (exact) mass is 329 g/mol. The van der Waals surface area contributed by atoms with Crippen LogP contribution in [0.3, 0.4) is 0 Å². The summed E-state index contributed by atoms with van der Waals surface area (Å²) in [5.74, 6) is 0.0211. The maximum absolute atomic E-state index is 12.1. The summed E-state index contributed by atoms with van der Waals surface area (Å²) in [6.45, 7) is 2.41. The third-order valence-electron chi connectivity index (χ3n) is 2.76. The fourth-order valence-electron chi connectivity index (χ4n) is 1.76. The van der Waals surface area contributed by atoms with E-state index in [1.165, 1.54) is 23.8 Å². The first-order valence-electron chi connectivity index (χ1n) is 5.79. The summed E-state index contributed by atoms with van der Waals surface area (Å²) in [4.78, 5) is 14.2. The molecule has 0 radical (unpaired) electrons. The summed E-state index contributed by atoms with van der Waals surface area (Å²) in [6, 6.07) is 3.18. The van der Waals surface area contributed by atoms with Gasteiger partial charge < -0.3 is 9.84 Å². The van der Waals surface area contributed by atoms with Crippen molar-refractivity contribution in [2.45, 2.75) is 6.92 Å². The second kappa shape index (κ2) is 6.03. The van der Waals surface area contributed by atoms with Crippen LogP contribution in [0.2, 0.25) is 5.02 Å². The molecular weight excluding hydrogens is 318 g/mol. The van der Waals surface area contributed by atoms with Gasteiger partial charge in [-0.2, -0.15) is 0 Å². The molecule has 1 aromatic rings. The molecule has 1 heterocycles. The van der Waals surface area contributed by atoms with Crippen LogP contribution in [0.1, 0.15) is 12.5 Å². The standard InChI is InChI=1S/C13H12ClNO3S2/c1-3-15-12(17)10(20-13(15)19)6-7-4-8(14)11(16)9(5-7)18-2/h4-6,16H,3H2,1-2H3. The van der Waals surface area contributed by atoms with Crippen molar-refractivity contribution >= 4 is 51.9 Å². The minimum Gasteiger partial charge on any atom is -0.503 e. The summed E-state index contributed by atoms with van der Waals surface area (Å²) in [5, 5.41) is 9.85. The Kier molecular flexibility index (Phi) is 4.57. The summed E-state index contributed by atoms with van der Waals surface area (Å²) in [5.41, 5.74) is 0.668. The van der Waals surface area contributed by atoms with Gasteiger partial charge in [0.05, 0.1) is 17.0 Å². The van der Waals surface area contributed by atoms with Crippen molar-refractivity contribution in [3.63, 3.8) is 0 Å². The van der Waals surface area contributed by atoms with Crippen LogP contribution in [0.4, 0.5) is 0 Å². The number of carbonyl (C=O) groups is 1. The van der Waals surface area contributed by atoms with Crippen LogP contribution in [0.15, 0.2) is 17.0 Å². The Morgan fingerprint density at radius 1 is 1.55 bits per heavy atom. The highest BCUT2D eigenvalue weighted by atomic mass is 35.5. The Morgan fingerprint density at radius 2 is 2.25 bits per heavy atom. The normalized spacial score (nSPS) is 17.1. The molecule has 1 aromatic carbocycles. The predicted molar refractivity (Wildman–Crippen MR) is 85.2 cm³/mol. The van der Waals surface area contributed by atoms with E-state index >= 15 is 0 Å². The van der Waals surface area contributed by atoms with Crippen LogP contribution in [-0.2, 0) is 4.79 Å². The number of aromatic hydroxyl groups is 1. The topological polar surface area (TPSA) is 49.8 Å². The largest absolute Gasteiger partial charge is 0.503 e. The van der Waals surface area contributed by atoms with Gasteiger partial charge in [0.2, 0.25) is 0 Å². The number of hydrogen-bond acceptors (Lipinski definition) is 5. The number of rotatable bonds is 3. The first-order valence-corrected chi connectivity index (χ1v) is 7.40. The molecule has 0 atom stereocenters. The molecule has 1 aliphatic rings. The predicted octanol–water partition coefficient (Wildman–Crippen LogP) is 3.28. The quantitative estimate of drug-likeness (QED) is 0.681. The van der Waals surface area contributed by atoms with Crippen LogP contribution in [0.25, 0.3) is 6.08 Å². The van der Waals surface area contributed by atoms with Crippen LogP contribution < -0.4 is 4.74 Å². The van der Waals surface area contributed by atoms with Gasteiger partial charge in [-0.25, -0.2) is 0 Å². The van der Waals surface area contributed by atoms with Crippen LogP contribution in [0.5, 0.6) is 11.5 Å². The van der Waals surface area contributed by atoms with Gasteiger partial charge in [0, 0.05) is 6.54 Å². The number of benzene rings is 1. The van der Waals surface area contributed by atoms with Crippen molar-refractivity contribution in [2.24, 2.45) is 0 Å². The summed E-state index contributed by atoms with van der Waals surface area (Å²) >= 11 is 12.3. The maximum Gasteiger partial charge on any atom is 0.266 e. The number of thiocarbonyl (C=S) groups is 1. The number of amides is 1. The first-order chi connectivity index (χ1) is 9.47. The third-order valence-corrected chi connectivity index (χ3v) is 4.42. The Labute approximate surface area is 131 Å². The molecule has 0 saturated carbocycles. The molecule has 1 saturated heterocycles. The molecule has 0 spiro atoms. The Morgan fingerprint density at radius 3 is 2.80 bits per heavy atom. The van der Waals surface area contributed by atoms with E-state index in [1.54, 1.807) is 18.2 Å². The number of methoxy groups -OCH3 is 1. The van der Waals surface area contributed by atoms with E-state index in [4.69, 9.17) is 28.6 Å². The highest BCUT2D eigenvalue weighted by molar-refractivity contribution is 8.26. The number of likely N-dealkylation sites (N-methyl/N-ethyl adjacent to an activating group) is 1. The number of nitrogens with zero attached hydrogens (tertiary/aromatic N) is 1. The lowest BCUT2D eigenvalue weighted by Gasteiger charge is -2.09. The third kappa shape index (κ3) is 2.77. The van der Waals surface area contributed by atoms with E-state index in [9.17, 15) is 9.90 Å². The second-order valence-corrected chi connectivity index (χ2v) is 6.06. The number of carbonyl (C=O) groups excluding carboxylic acids is 1. The van der Waals surface area contributed by atoms with Gasteiger partial charge in [-0.15, -0.1) is 0 Å². The number of ether oxygens (including phenoxy) is 1. The van der Waals surface area contributed by atoms with E-state index in [-0.39, 0.29) is 22.4 Å². The van der Waals surface area contributed by atoms with Gasteiger partial charge in [0.25, 0.3) is 5.91 Å². The van der Waals surface area contributed by atoms with Gasteiger partial charge in [-0.3, -0.25) is 9.69 Å². The van der Waals surface area contributed by atoms with Gasteiger partial charge in [0.15, 0.2) is 11.5 Å². The van der Waals surface area contributed by atoms with Crippen molar-refractivity contribution in [3.05, 3.63) is 27.6 Å². The molecule has 1 N–H and O–H groups in total. The van der Waals surface area contributed by atoms with E-state index < -0.39 is 0 Å². The summed E-state index contributed by atoms with van der Waals surface area (Å²) in [6.07, 6.45) is 1.68. The van der Waals surface area contributed by atoms with Gasteiger partial charge in [-0.05, 0) is 30.7 Å². The molecule has 2 rings (SSSR count).